The second-order valence-corrected chi connectivity index (χ2v) is 6.08. The number of nitrogens with zero attached hydrogens (tertiary/aromatic N) is 1. The fraction of sp³-hybridized carbons (Fsp3) is 0.923. The number of piperidine rings is 1. The second kappa shape index (κ2) is 5.45. The monoisotopic (exact) mass is 256 g/mol. The number of amides is 1. The standard InChI is InChI=1S/C13H24N2O3/c1-13(2,3)18-12(16)15-6-4-10(5-7-15)17-11-8-14-9-11/h10-11,14H,4-9H2,1-3H3. The van der Waals surface area contributed by atoms with Crippen molar-refractivity contribution < 1.29 is 14.3 Å². The van der Waals surface area contributed by atoms with Crippen LogP contribution in [0, 0.1) is 0 Å². The Hall–Kier alpha value is -0.810. The molecule has 2 aliphatic rings. The molecule has 0 unspecified atom stereocenters. The Morgan fingerprint density at radius 2 is 1.78 bits per heavy atom. The van der Waals surface area contributed by atoms with Gasteiger partial charge in [0.25, 0.3) is 0 Å². The third-order valence-electron chi connectivity index (χ3n) is 3.22. The number of carbonyl (C=O) groups is 1. The van der Waals surface area contributed by atoms with Gasteiger partial charge in [-0.2, -0.15) is 0 Å². The summed E-state index contributed by atoms with van der Waals surface area (Å²) in [5.74, 6) is 0. The zero-order valence-corrected chi connectivity index (χ0v) is 11.6. The predicted octanol–water partition coefficient (Wildman–Crippen LogP) is 1.37. The van der Waals surface area contributed by atoms with E-state index < -0.39 is 5.60 Å². The second-order valence-electron chi connectivity index (χ2n) is 6.08. The van der Waals surface area contributed by atoms with Crippen LogP contribution < -0.4 is 5.32 Å². The molecule has 0 atom stereocenters. The van der Waals surface area contributed by atoms with Crippen LogP contribution in [0.4, 0.5) is 4.79 Å². The number of nitrogens with one attached hydrogen (secondary N) is 1. The number of hydrogen-bond donors (Lipinski definition) is 1. The van der Waals surface area contributed by atoms with Gasteiger partial charge in [-0.15, -0.1) is 0 Å². The van der Waals surface area contributed by atoms with Crippen molar-refractivity contribution in [1.29, 1.82) is 0 Å². The molecule has 104 valence electrons. The third-order valence-corrected chi connectivity index (χ3v) is 3.22. The summed E-state index contributed by atoms with van der Waals surface area (Å²) < 4.78 is 11.3. The van der Waals surface area contributed by atoms with E-state index in [1.807, 2.05) is 20.8 Å². The Morgan fingerprint density at radius 1 is 1.17 bits per heavy atom. The minimum atomic E-state index is -0.415. The maximum absolute atomic E-state index is 11.9. The summed E-state index contributed by atoms with van der Waals surface area (Å²) in [6.45, 7) is 9.08. The largest absolute Gasteiger partial charge is 0.444 e. The number of ether oxygens (including phenoxy) is 2. The highest BCUT2D eigenvalue weighted by Gasteiger charge is 2.29. The average molecular weight is 256 g/mol. The van der Waals surface area contributed by atoms with Crippen molar-refractivity contribution in [3.8, 4) is 0 Å². The van der Waals surface area contributed by atoms with Crippen LogP contribution in [0.2, 0.25) is 0 Å². The molecule has 0 saturated carbocycles. The van der Waals surface area contributed by atoms with Crippen molar-refractivity contribution in [2.45, 2.75) is 51.4 Å². The number of likely N-dealkylation sites (tertiary alicyclic amines) is 1. The fourth-order valence-corrected chi connectivity index (χ4v) is 2.13. The van der Waals surface area contributed by atoms with Crippen LogP contribution in [0.15, 0.2) is 0 Å². The van der Waals surface area contributed by atoms with E-state index in [-0.39, 0.29) is 6.09 Å². The van der Waals surface area contributed by atoms with Crippen molar-refractivity contribution in [2.24, 2.45) is 0 Å². The van der Waals surface area contributed by atoms with E-state index in [2.05, 4.69) is 5.32 Å². The highest BCUT2D eigenvalue weighted by Crippen LogP contribution is 2.19. The van der Waals surface area contributed by atoms with Gasteiger partial charge in [0.1, 0.15) is 5.60 Å². The minimum absolute atomic E-state index is 0.203. The molecule has 2 rings (SSSR count). The molecule has 0 aromatic heterocycles. The molecule has 0 aromatic carbocycles. The number of rotatable bonds is 2. The predicted molar refractivity (Wildman–Crippen MR) is 68.6 cm³/mol. The summed E-state index contributed by atoms with van der Waals surface area (Å²) in [6.07, 6.45) is 2.30. The smallest absolute Gasteiger partial charge is 0.410 e. The van der Waals surface area contributed by atoms with Gasteiger partial charge in [-0.05, 0) is 33.6 Å². The van der Waals surface area contributed by atoms with E-state index in [0.717, 1.165) is 39.0 Å². The summed E-state index contributed by atoms with van der Waals surface area (Å²) in [4.78, 5) is 13.6. The zero-order valence-electron chi connectivity index (χ0n) is 11.6. The maximum Gasteiger partial charge on any atom is 0.410 e. The quantitative estimate of drug-likeness (QED) is 0.811. The fourth-order valence-electron chi connectivity index (χ4n) is 2.13. The Morgan fingerprint density at radius 3 is 2.22 bits per heavy atom. The molecule has 2 heterocycles. The first-order chi connectivity index (χ1) is 8.44. The van der Waals surface area contributed by atoms with E-state index in [1.54, 1.807) is 4.90 Å². The molecule has 1 amide bonds. The van der Waals surface area contributed by atoms with Gasteiger partial charge >= 0.3 is 6.09 Å². The van der Waals surface area contributed by atoms with E-state index in [9.17, 15) is 4.79 Å². The molecule has 18 heavy (non-hydrogen) atoms. The Balaban J connectivity index is 1.70. The van der Waals surface area contributed by atoms with Gasteiger partial charge < -0.3 is 19.7 Å². The van der Waals surface area contributed by atoms with Gasteiger partial charge in [-0.1, -0.05) is 0 Å². The molecule has 0 radical (unpaired) electrons. The summed E-state index contributed by atoms with van der Waals surface area (Å²) in [5.41, 5.74) is -0.415. The Labute approximate surface area is 109 Å². The van der Waals surface area contributed by atoms with Gasteiger partial charge in [-0.3, -0.25) is 0 Å². The minimum Gasteiger partial charge on any atom is -0.444 e. The first-order valence-electron chi connectivity index (χ1n) is 6.78. The highest BCUT2D eigenvalue weighted by molar-refractivity contribution is 5.68. The molecule has 0 aromatic rings. The van der Waals surface area contributed by atoms with E-state index in [1.165, 1.54) is 0 Å². The van der Waals surface area contributed by atoms with Crippen LogP contribution in [0.25, 0.3) is 0 Å². The lowest BCUT2D eigenvalue weighted by Crippen LogP contribution is -2.51. The average Bonchev–Trinajstić information content (AvgIpc) is 2.22. The molecular weight excluding hydrogens is 232 g/mol. The topological polar surface area (TPSA) is 50.8 Å². The van der Waals surface area contributed by atoms with Crippen molar-refractivity contribution in [2.75, 3.05) is 26.2 Å². The van der Waals surface area contributed by atoms with Crippen molar-refractivity contribution >= 4 is 6.09 Å². The molecule has 2 fully saturated rings. The van der Waals surface area contributed by atoms with Crippen molar-refractivity contribution in [3.05, 3.63) is 0 Å². The number of hydrogen-bond acceptors (Lipinski definition) is 4. The van der Waals surface area contributed by atoms with Gasteiger partial charge in [-0.25, -0.2) is 4.79 Å². The summed E-state index contributed by atoms with van der Waals surface area (Å²) >= 11 is 0. The van der Waals surface area contributed by atoms with Gasteiger partial charge in [0.2, 0.25) is 0 Å². The number of carbonyl (C=O) groups excluding carboxylic acids is 1. The SMILES string of the molecule is CC(C)(C)OC(=O)N1CCC(OC2CNC2)CC1. The highest BCUT2D eigenvalue weighted by atomic mass is 16.6. The first kappa shape index (κ1) is 13.6. The molecule has 5 nitrogen and oxygen atoms in total. The Kier molecular flexibility index (Phi) is 4.12. The molecule has 0 bridgehead atoms. The van der Waals surface area contributed by atoms with E-state index in [4.69, 9.17) is 9.47 Å². The molecule has 5 heteroatoms. The van der Waals surface area contributed by atoms with Gasteiger partial charge in [0.05, 0.1) is 12.2 Å². The summed E-state index contributed by atoms with van der Waals surface area (Å²) in [7, 11) is 0. The van der Waals surface area contributed by atoms with Crippen LogP contribution in [0.3, 0.4) is 0 Å². The third kappa shape index (κ3) is 3.85. The normalized spacial score (nSPS) is 22.7. The maximum atomic E-state index is 11.9. The zero-order chi connectivity index (χ0) is 13.2. The lowest BCUT2D eigenvalue weighted by atomic mass is 10.1. The molecule has 2 saturated heterocycles. The first-order valence-corrected chi connectivity index (χ1v) is 6.78. The van der Waals surface area contributed by atoms with Crippen molar-refractivity contribution in [3.63, 3.8) is 0 Å². The lowest BCUT2D eigenvalue weighted by Gasteiger charge is -2.37. The van der Waals surface area contributed by atoms with Gasteiger partial charge in [0.15, 0.2) is 0 Å². The van der Waals surface area contributed by atoms with Crippen molar-refractivity contribution in [1.82, 2.24) is 10.2 Å². The Bertz CT molecular complexity index is 289. The van der Waals surface area contributed by atoms with E-state index in [0.29, 0.717) is 12.2 Å². The molecule has 1 N–H and O–H groups in total. The molecule has 0 aliphatic carbocycles. The van der Waals surface area contributed by atoms with E-state index >= 15 is 0 Å². The van der Waals surface area contributed by atoms with Crippen LogP contribution >= 0.6 is 0 Å². The van der Waals surface area contributed by atoms with Crippen LogP contribution in [0.5, 0.6) is 0 Å². The summed E-state index contributed by atoms with van der Waals surface area (Å²) in [6, 6.07) is 0. The van der Waals surface area contributed by atoms with Crippen LogP contribution in [-0.4, -0.2) is 55.0 Å². The van der Waals surface area contributed by atoms with Gasteiger partial charge in [0, 0.05) is 26.2 Å². The molecule has 0 spiro atoms. The van der Waals surface area contributed by atoms with Crippen LogP contribution in [0.1, 0.15) is 33.6 Å². The molecule has 2 aliphatic heterocycles. The van der Waals surface area contributed by atoms with Crippen LogP contribution in [-0.2, 0) is 9.47 Å². The molecular formula is C13H24N2O3. The lowest BCUT2D eigenvalue weighted by molar-refractivity contribution is -0.0635. The summed E-state index contributed by atoms with van der Waals surface area (Å²) in [5, 5.41) is 3.19.